The van der Waals surface area contributed by atoms with Crippen molar-refractivity contribution in [2.24, 2.45) is 0 Å². The third kappa shape index (κ3) is 3.71. The Morgan fingerprint density at radius 3 is 2.70 bits per heavy atom. The summed E-state index contributed by atoms with van der Waals surface area (Å²) < 4.78 is 26.7. The van der Waals surface area contributed by atoms with E-state index in [-0.39, 0.29) is 5.75 Å². The van der Waals surface area contributed by atoms with E-state index < -0.39 is 10.0 Å². The first-order valence-electron chi connectivity index (χ1n) is 6.23. The van der Waals surface area contributed by atoms with Gasteiger partial charge in [0, 0.05) is 24.0 Å². The van der Waals surface area contributed by atoms with Crippen LogP contribution in [0.3, 0.4) is 0 Å². The molecule has 0 amide bonds. The lowest BCUT2D eigenvalue weighted by molar-refractivity contribution is 0.600. The second-order valence-electron chi connectivity index (χ2n) is 4.51. The Morgan fingerprint density at radius 1 is 1.20 bits per heavy atom. The number of benzene rings is 1. The molecule has 0 saturated heterocycles. The Hall–Kier alpha value is -2.08. The first-order valence-corrected chi connectivity index (χ1v) is 7.89. The molecule has 2 rings (SSSR count). The molecular weight excluding hydrogens is 274 g/mol. The van der Waals surface area contributed by atoms with Crippen molar-refractivity contribution < 1.29 is 8.42 Å². The van der Waals surface area contributed by atoms with Crippen molar-refractivity contribution in [1.29, 1.82) is 0 Å². The van der Waals surface area contributed by atoms with Gasteiger partial charge in [-0.15, -0.1) is 0 Å². The fraction of sp³-hybridized carbons (Fsp3) is 0.214. The highest BCUT2D eigenvalue weighted by atomic mass is 32.2. The summed E-state index contributed by atoms with van der Waals surface area (Å²) in [7, 11) is -3.42. The topological polar surface area (TPSA) is 85.1 Å². The third-order valence-corrected chi connectivity index (χ3v) is 4.27. The quantitative estimate of drug-likeness (QED) is 0.825. The van der Waals surface area contributed by atoms with Gasteiger partial charge >= 0.3 is 0 Å². The monoisotopic (exact) mass is 291 g/mol. The zero-order chi connectivity index (χ0) is 14.6. The highest BCUT2D eigenvalue weighted by Crippen LogP contribution is 2.21. The molecule has 0 saturated carbocycles. The van der Waals surface area contributed by atoms with Gasteiger partial charge in [-0.25, -0.2) is 8.42 Å². The highest BCUT2D eigenvalue weighted by Gasteiger charge is 2.13. The first-order chi connectivity index (χ1) is 9.48. The van der Waals surface area contributed by atoms with Gasteiger partial charge in [-0.1, -0.05) is 12.1 Å². The molecule has 0 spiro atoms. The fourth-order valence-electron chi connectivity index (χ4n) is 1.77. The minimum absolute atomic E-state index is 0.0156. The molecule has 5 nitrogen and oxygen atoms in total. The van der Waals surface area contributed by atoms with Crippen LogP contribution in [0.2, 0.25) is 0 Å². The lowest BCUT2D eigenvalue weighted by Gasteiger charge is -2.11. The van der Waals surface area contributed by atoms with E-state index in [2.05, 4.69) is 9.71 Å². The standard InChI is InChI=1S/C14H17N3O2S/c1-11-13(15)6-4-7-14(11)17-20(18,19)10-8-12-5-2-3-9-16-12/h2-7,9,17H,8,10,15H2,1H3. The SMILES string of the molecule is Cc1c(N)cccc1NS(=O)(=O)CCc1ccccn1. The molecule has 3 N–H and O–H groups in total. The largest absolute Gasteiger partial charge is 0.398 e. The molecule has 0 bridgehead atoms. The number of pyridine rings is 1. The van der Waals surface area contributed by atoms with Crippen molar-refractivity contribution in [3.63, 3.8) is 0 Å². The van der Waals surface area contributed by atoms with Crippen LogP contribution in [0.15, 0.2) is 42.6 Å². The van der Waals surface area contributed by atoms with E-state index in [0.29, 0.717) is 17.8 Å². The molecule has 0 fully saturated rings. The van der Waals surface area contributed by atoms with Gasteiger partial charge in [-0.3, -0.25) is 9.71 Å². The van der Waals surface area contributed by atoms with Gasteiger partial charge in [0.15, 0.2) is 0 Å². The van der Waals surface area contributed by atoms with Crippen LogP contribution in [0, 0.1) is 6.92 Å². The lowest BCUT2D eigenvalue weighted by Crippen LogP contribution is -2.19. The van der Waals surface area contributed by atoms with E-state index in [1.165, 1.54) is 0 Å². The Kier molecular flexibility index (Phi) is 4.24. The van der Waals surface area contributed by atoms with Crippen molar-refractivity contribution >= 4 is 21.4 Å². The van der Waals surface area contributed by atoms with Crippen LogP contribution in [0.1, 0.15) is 11.3 Å². The Morgan fingerprint density at radius 2 is 2.00 bits per heavy atom. The Labute approximate surface area is 118 Å². The van der Waals surface area contributed by atoms with E-state index in [9.17, 15) is 8.42 Å². The van der Waals surface area contributed by atoms with Gasteiger partial charge in [0.2, 0.25) is 10.0 Å². The summed E-state index contributed by atoms with van der Waals surface area (Å²) in [4.78, 5) is 4.11. The number of aromatic nitrogens is 1. The maximum absolute atomic E-state index is 12.1. The van der Waals surface area contributed by atoms with Crippen LogP contribution >= 0.6 is 0 Å². The van der Waals surface area contributed by atoms with E-state index >= 15 is 0 Å². The van der Waals surface area contributed by atoms with Gasteiger partial charge in [0.25, 0.3) is 0 Å². The van der Waals surface area contributed by atoms with Crippen LogP contribution in [-0.2, 0) is 16.4 Å². The lowest BCUT2D eigenvalue weighted by atomic mass is 10.2. The molecule has 0 radical (unpaired) electrons. The van der Waals surface area contributed by atoms with E-state index in [4.69, 9.17) is 5.73 Å². The summed E-state index contributed by atoms with van der Waals surface area (Å²) in [6.07, 6.45) is 2.02. The molecule has 20 heavy (non-hydrogen) atoms. The number of sulfonamides is 1. The molecule has 0 aliphatic rings. The van der Waals surface area contributed by atoms with Gasteiger partial charge < -0.3 is 5.73 Å². The molecular formula is C14H17N3O2S. The second-order valence-corrected chi connectivity index (χ2v) is 6.35. The molecule has 1 heterocycles. The van der Waals surface area contributed by atoms with Crippen LogP contribution in [0.5, 0.6) is 0 Å². The number of nitrogens with two attached hydrogens (primary N) is 1. The van der Waals surface area contributed by atoms with Gasteiger partial charge in [-0.2, -0.15) is 0 Å². The van der Waals surface area contributed by atoms with Gasteiger partial charge in [0.05, 0.1) is 11.4 Å². The Bertz CT molecular complexity index is 685. The van der Waals surface area contributed by atoms with Crippen LogP contribution < -0.4 is 10.5 Å². The summed E-state index contributed by atoms with van der Waals surface area (Å²) in [5.41, 5.74) is 8.33. The van der Waals surface area contributed by atoms with E-state index in [0.717, 1.165) is 11.3 Å². The molecule has 2 aromatic rings. The number of aryl methyl sites for hydroxylation is 1. The normalized spacial score (nSPS) is 11.2. The molecule has 106 valence electrons. The number of hydrogen-bond donors (Lipinski definition) is 2. The van der Waals surface area contributed by atoms with Crippen molar-refractivity contribution in [3.8, 4) is 0 Å². The molecule has 0 atom stereocenters. The maximum Gasteiger partial charge on any atom is 0.233 e. The second kappa shape index (κ2) is 5.92. The van der Waals surface area contributed by atoms with Crippen molar-refractivity contribution in [2.75, 3.05) is 16.2 Å². The number of anilines is 2. The molecule has 0 unspecified atom stereocenters. The fourth-order valence-corrected chi connectivity index (χ4v) is 2.90. The predicted octanol–water partition coefficient (Wildman–Crippen LogP) is 1.96. The average Bonchev–Trinajstić information content (AvgIpc) is 2.43. The number of hydrogen-bond acceptors (Lipinski definition) is 4. The minimum atomic E-state index is -3.42. The van der Waals surface area contributed by atoms with Crippen molar-refractivity contribution in [1.82, 2.24) is 4.98 Å². The van der Waals surface area contributed by atoms with Crippen molar-refractivity contribution in [3.05, 3.63) is 53.9 Å². The predicted molar refractivity (Wildman–Crippen MR) is 80.9 cm³/mol. The molecule has 0 aliphatic heterocycles. The van der Waals surface area contributed by atoms with E-state index in [1.807, 2.05) is 6.07 Å². The summed E-state index contributed by atoms with van der Waals surface area (Å²) in [5.74, 6) is -0.0156. The molecule has 6 heteroatoms. The summed E-state index contributed by atoms with van der Waals surface area (Å²) in [5, 5.41) is 0. The molecule has 0 aliphatic carbocycles. The number of nitrogens with zero attached hydrogens (tertiary/aromatic N) is 1. The smallest absolute Gasteiger partial charge is 0.233 e. The van der Waals surface area contributed by atoms with Crippen molar-refractivity contribution in [2.45, 2.75) is 13.3 Å². The number of rotatable bonds is 5. The van der Waals surface area contributed by atoms with Crippen LogP contribution in [-0.4, -0.2) is 19.2 Å². The Balaban J connectivity index is 2.06. The summed E-state index contributed by atoms with van der Waals surface area (Å²) in [6.45, 7) is 1.78. The zero-order valence-electron chi connectivity index (χ0n) is 11.2. The first kappa shape index (κ1) is 14.3. The molecule has 1 aromatic heterocycles. The summed E-state index contributed by atoms with van der Waals surface area (Å²) in [6, 6.07) is 10.6. The van der Waals surface area contributed by atoms with Crippen LogP contribution in [0.4, 0.5) is 11.4 Å². The van der Waals surface area contributed by atoms with Gasteiger partial charge in [0.1, 0.15) is 0 Å². The minimum Gasteiger partial charge on any atom is -0.398 e. The van der Waals surface area contributed by atoms with E-state index in [1.54, 1.807) is 43.5 Å². The summed E-state index contributed by atoms with van der Waals surface area (Å²) >= 11 is 0. The number of nitrogens with one attached hydrogen (secondary N) is 1. The zero-order valence-corrected chi connectivity index (χ0v) is 12.0. The number of nitrogen functional groups attached to an aromatic ring is 1. The third-order valence-electron chi connectivity index (χ3n) is 2.99. The average molecular weight is 291 g/mol. The molecule has 1 aromatic carbocycles. The maximum atomic E-state index is 12.1. The van der Waals surface area contributed by atoms with Gasteiger partial charge in [-0.05, 0) is 36.8 Å². The highest BCUT2D eigenvalue weighted by molar-refractivity contribution is 7.92. The van der Waals surface area contributed by atoms with Crippen LogP contribution in [0.25, 0.3) is 0 Å².